The molecule has 2 aromatic carbocycles. The molecule has 0 saturated carbocycles. The molecule has 192 valence electrons. The Labute approximate surface area is 206 Å². The minimum absolute atomic E-state index is 0.126. The quantitative estimate of drug-likeness (QED) is 0.374. The molecule has 1 saturated heterocycles. The average Bonchev–Trinajstić information content (AvgIpc) is 3.22. The van der Waals surface area contributed by atoms with Gasteiger partial charge in [-0.2, -0.15) is 5.10 Å². The number of benzene rings is 2. The minimum Gasteiger partial charge on any atom is -0.465 e. The number of carboxylic acid groups (broad SMARTS) is 1. The predicted molar refractivity (Wildman–Crippen MR) is 126 cm³/mol. The van der Waals surface area contributed by atoms with Gasteiger partial charge in [-0.1, -0.05) is 18.2 Å². The molecule has 2 aromatic heterocycles. The molecule has 3 N–H and O–H groups in total. The van der Waals surface area contributed by atoms with Crippen LogP contribution in [0.5, 0.6) is 5.75 Å². The van der Waals surface area contributed by atoms with Gasteiger partial charge in [-0.25, -0.2) is 9.31 Å². The number of rotatable bonds is 4. The maximum atomic E-state index is 13.0. The fraction of sp³-hybridized carbons (Fsp3) is 0.250. The van der Waals surface area contributed by atoms with E-state index in [9.17, 15) is 32.7 Å². The monoisotopic (exact) mass is 515 g/mol. The van der Waals surface area contributed by atoms with Crippen molar-refractivity contribution in [1.82, 2.24) is 19.5 Å². The van der Waals surface area contributed by atoms with Crippen molar-refractivity contribution in [2.24, 2.45) is 0 Å². The number of aromatic nitrogens is 3. The number of ether oxygens (including phenoxy) is 1. The standard InChI is InChI=1S/C24H20F3N5O5/c25-24(26,27)37-18-7-2-1-4-14(18)22(34)28-15-5-3-6-16-20(15)21-29-19(33)12-17(32(21)30-16)13-8-10-31(11-9-13)23(35)36/h1-7,12-13H,8-11H2,(H,28,34)(H,29,33)(H,35,36). The Kier molecular flexibility index (Phi) is 5.97. The highest BCUT2D eigenvalue weighted by molar-refractivity contribution is 6.12. The second kappa shape index (κ2) is 9.15. The second-order valence-electron chi connectivity index (χ2n) is 8.56. The summed E-state index contributed by atoms with van der Waals surface area (Å²) in [6.07, 6.45) is -4.97. The first-order chi connectivity index (χ1) is 17.6. The summed E-state index contributed by atoms with van der Waals surface area (Å²) in [5.41, 5.74) is 0.828. The van der Waals surface area contributed by atoms with Crippen LogP contribution >= 0.6 is 0 Å². The molecular weight excluding hydrogens is 495 g/mol. The van der Waals surface area contributed by atoms with Gasteiger partial charge >= 0.3 is 12.5 Å². The van der Waals surface area contributed by atoms with E-state index in [2.05, 4.69) is 20.1 Å². The molecule has 0 radical (unpaired) electrons. The summed E-state index contributed by atoms with van der Waals surface area (Å²) < 4.78 is 44.0. The molecule has 0 bridgehead atoms. The number of nitrogens with one attached hydrogen (secondary N) is 2. The zero-order valence-electron chi connectivity index (χ0n) is 19.1. The first-order valence-electron chi connectivity index (χ1n) is 11.3. The number of aromatic amines is 1. The first kappa shape index (κ1) is 24.2. The summed E-state index contributed by atoms with van der Waals surface area (Å²) in [5.74, 6) is -1.62. The Morgan fingerprint density at radius 3 is 2.54 bits per heavy atom. The lowest BCUT2D eigenvalue weighted by molar-refractivity contribution is -0.274. The highest BCUT2D eigenvalue weighted by Gasteiger charge is 2.33. The lowest BCUT2D eigenvalue weighted by Crippen LogP contribution is -2.37. The largest absolute Gasteiger partial charge is 0.573 e. The summed E-state index contributed by atoms with van der Waals surface area (Å²) >= 11 is 0. The number of likely N-dealkylation sites (tertiary alicyclic amines) is 1. The number of hydrogen-bond acceptors (Lipinski definition) is 5. The van der Waals surface area contributed by atoms with Crippen LogP contribution in [0, 0.1) is 0 Å². The SMILES string of the molecule is O=C(Nc1cccc2nn3c(C4CCN(C(=O)O)CC4)cc(=O)[nH]c3c12)c1ccccc1OC(F)(F)F. The summed E-state index contributed by atoms with van der Waals surface area (Å²) in [6.45, 7) is 0.631. The van der Waals surface area contributed by atoms with Crippen LogP contribution in [0.25, 0.3) is 16.6 Å². The fourth-order valence-electron chi connectivity index (χ4n) is 4.61. The lowest BCUT2D eigenvalue weighted by atomic mass is 9.93. The molecule has 0 unspecified atom stereocenters. The number of anilines is 1. The van der Waals surface area contributed by atoms with Gasteiger partial charge in [-0.15, -0.1) is 13.2 Å². The first-order valence-corrected chi connectivity index (χ1v) is 11.3. The molecule has 5 rings (SSSR count). The molecule has 0 spiro atoms. The summed E-state index contributed by atoms with van der Waals surface area (Å²) in [4.78, 5) is 40.9. The van der Waals surface area contributed by atoms with Gasteiger partial charge in [0.25, 0.3) is 11.5 Å². The summed E-state index contributed by atoms with van der Waals surface area (Å²) in [7, 11) is 0. The van der Waals surface area contributed by atoms with E-state index in [1.54, 1.807) is 22.7 Å². The van der Waals surface area contributed by atoms with Crippen molar-refractivity contribution in [1.29, 1.82) is 0 Å². The number of para-hydroxylation sites is 1. The number of fused-ring (bicyclic) bond motifs is 3. The third-order valence-electron chi connectivity index (χ3n) is 6.25. The molecule has 0 aliphatic carbocycles. The average molecular weight is 515 g/mol. The molecule has 1 fully saturated rings. The molecule has 1 aliphatic heterocycles. The van der Waals surface area contributed by atoms with Gasteiger partial charge < -0.3 is 25.0 Å². The second-order valence-corrected chi connectivity index (χ2v) is 8.56. The molecule has 2 amide bonds. The molecule has 4 aromatic rings. The van der Waals surface area contributed by atoms with Gasteiger partial charge in [0.2, 0.25) is 0 Å². The number of nitrogens with zero attached hydrogens (tertiary/aromatic N) is 3. The smallest absolute Gasteiger partial charge is 0.465 e. The van der Waals surface area contributed by atoms with Crippen molar-refractivity contribution in [3.63, 3.8) is 0 Å². The van der Waals surface area contributed by atoms with Gasteiger partial charge in [-0.3, -0.25) is 9.59 Å². The van der Waals surface area contributed by atoms with Crippen LogP contribution in [-0.2, 0) is 0 Å². The summed E-state index contributed by atoms with van der Waals surface area (Å²) in [6, 6.07) is 11.2. The van der Waals surface area contributed by atoms with Gasteiger partial charge in [0, 0.05) is 25.1 Å². The molecule has 0 atom stereocenters. The van der Waals surface area contributed by atoms with Gasteiger partial charge in [-0.05, 0) is 37.1 Å². The van der Waals surface area contributed by atoms with E-state index in [1.165, 1.54) is 29.2 Å². The molecular formula is C24H20F3N5O5. The van der Waals surface area contributed by atoms with Crippen LogP contribution in [0.15, 0.2) is 53.3 Å². The van der Waals surface area contributed by atoms with Crippen LogP contribution in [0.4, 0.5) is 23.7 Å². The van der Waals surface area contributed by atoms with E-state index in [0.29, 0.717) is 48.2 Å². The molecule has 1 aliphatic rings. The van der Waals surface area contributed by atoms with Crippen molar-refractivity contribution in [3.8, 4) is 5.75 Å². The van der Waals surface area contributed by atoms with E-state index >= 15 is 0 Å². The summed E-state index contributed by atoms with van der Waals surface area (Å²) in [5, 5.41) is 16.8. The minimum atomic E-state index is -4.98. The van der Waals surface area contributed by atoms with Crippen LogP contribution in [0.3, 0.4) is 0 Å². The Morgan fingerprint density at radius 2 is 1.84 bits per heavy atom. The van der Waals surface area contributed by atoms with E-state index in [-0.39, 0.29) is 17.2 Å². The normalized spacial score (nSPS) is 14.7. The third kappa shape index (κ3) is 4.79. The zero-order chi connectivity index (χ0) is 26.3. The van der Waals surface area contributed by atoms with Gasteiger partial charge in [0.1, 0.15) is 11.4 Å². The van der Waals surface area contributed by atoms with Crippen molar-refractivity contribution in [2.45, 2.75) is 25.1 Å². The number of amides is 2. The maximum absolute atomic E-state index is 13.0. The van der Waals surface area contributed by atoms with Crippen molar-refractivity contribution in [3.05, 3.63) is 70.1 Å². The Hall–Kier alpha value is -4.55. The van der Waals surface area contributed by atoms with E-state index in [0.717, 1.165) is 6.07 Å². The van der Waals surface area contributed by atoms with E-state index < -0.39 is 29.7 Å². The fourth-order valence-corrected chi connectivity index (χ4v) is 4.61. The van der Waals surface area contributed by atoms with E-state index in [1.807, 2.05) is 0 Å². The van der Waals surface area contributed by atoms with Crippen LogP contribution in [0.2, 0.25) is 0 Å². The topological polar surface area (TPSA) is 129 Å². The molecule has 37 heavy (non-hydrogen) atoms. The van der Waals surface area contributed by atoms with E-state index in [4.69, 9.17) is 0 Å². The highest BCUT2D eigenvalue weighted by Crippen LogP contribution is 2.33. The zero-order valence-corrected chi connectivity index (χ0v) is 19.1. The van der Waals surface area contributed by atoms with Crippen LogP contribution < -0.4 is 15.6 Å². The number of hydrogen-bond donors (Lipinski definition) is 3. The number of halogens is 3. The van der Waals surface area contributed by atoms with Gasteiger partial charge in [0.15, 0.2) is 0 Å². The number of piperidine rings is 1. The number of carbonyl (C=O) groups is 2. The molecule has 3 heterocycles. The maximum Gasteiger partial charge on any atom is 0.573 e. The van der Waals surface area contributed by atoms with Crippen LogP contribution in [-0.4, -0.2) is 56.1 Å². The Bertz CT molecular complexity index is 1570. The lowest BCUT2D eigenvalue weighted by Gasteiger charge is -2.30. The predicted octanol–water partition coefficient (Wildman–Crippen LogP) is 4.18. The molecule has 10 nitrogen and oxygen atoms in total. The van der Waals surface area contributed by atoms with Gasteiger partial charge in [0.05, 0.1) is 27.8 Å². The number of alkyl halides is 3. The Balaban J connectivity index is 1.53. The third-order valence-corrected chi connectivity index (χ3v) is 6.25. The van der Waals surface area contributed by atoms with Crippen molar-refractivity contribution < 1.29 is 32.6 Å². The van der Waals surface area contributed by atoms with Crippen LogP contribution in [0.1, 0.15) is 34.8 Å². The number of H-pyrrole nitrogens is 1. The highest BCUT2D eigenvalue weighted by atomic mass is 19.4. The Morgan fingerprint density at radius 1 is 1.11 bits per heavy atom. The van der Waals surface area contributed by atoms with Crippen molar-refractivity contribution in [2.75, 3.05) is 18.4 Å². The van der Waals surface area contributed by atoms with Crippen molar-refractivity contribution >= 4 is 34.2 Å². The molecule has 13 heteroatoms. The number of carbonyl (C=O) groups excluding carboxylic acids is 1.